The van der Waals surface area contributed by atoms with Gasteiger partial charge in [-0.1, -0.05) is 0 Å². The maximum absolute atomic E-state index is 5.88. The van der Waals surface area contributed by atoms with Crippen molar-refractivity contribution in [3.63, 3.8) is 0 Å². The van der Waals surface area contributed by atoms with Crippen LogP contribution >= 0.6 is 0 Å². The summed E-state index contributed by atoms with van der Waals surface area (Å²) in [5.74, 6) is 1.07. The molecule has 25 heavy (non-hydrogen) atoms. The molecule has 1 saturated heterocycles. The third-order valence-electron chi connectivity index (χ3n) is 4.24. The van der Waals surface area contributed by atoms with E-state index in [0.29, 0.717) is 16.9 Å². The van der Waals surface area contributed by atoms with E-state index in [9.17, 15) is 0 Å². The Morgan fingerprint density at radius 1 is 1.16 bits per heavy atom. The molecule has 9 nitrogen and oxygen atoms in total. The summed E-state index contributed by atoms with van der Waals surface area (Å²) >= 11 is 0. The van der Waals surface area contributed by atoms with E-state index in [0.717, 1.165) is 37.7 Å². The number of hydrogen-bond acceptors (Lipinski definition) is 8. The molecule has 0 atom stereocenters. The molecule has 0 amide bonds. The Bertz CT molecular complexity index is 918. The van der Waals surface area contributed by atoms with Crippen LogP contribution in [0.25, 0.3) is 16.9 Å². The van der Waals surface area contributed by atoms with Crippen LogP contribution in [-0.2, 0) is 4.74 Å². The Hall–Kier alpha value is -3.07. The summed E-state index contributed by atoms with van der Waals surface area (Å²) in [5, 5.41) is 0. The molecule has 9 heteroatoms. The van der Waals surface area contributed by atoms with Crippen molar-refractivity contribution in [2.45, 2.75) is 0 Å². The van der Waals surface area contributed by atoms with Crippen molar-refractivity contribution < 1.29 is 9.47 Å². The molecule has 3 aromatic rings. The van der Waals surface area contributed by atoms with Crippen LogP contribution in [0.4, 0.5) is 17.5 Å². The lowest BCUT2D eigenvalue weighted by atomic mass is 10.2. The van der Waals surface area contributed by atoms with Crippen molar-refractivity contribution in [1.29, 1.82) is 0 Å². The number of fused-ring (bicyclic) bond motifs is 1. The molecule has 1 fully saturated rings. The minimum atomic E-state index is 0.107. The molecule has 0 unspecified atom stereocenters. The number of aromatic nitrogens is 4. The van der Waals surface area contributed by atoms with Gasteiger partial charge < -0.3 is 25.8 Å². The number of nitrogen functional groups attached to an aromatic ring is 2. The van der Waals surface area contributed by atoms with Gasteiger partial charge in [-0.2, -0.15) is 9.97 Å². The highest BCUT2D eigenvalue weighted by molar-refractivity contribution is 5.84. The average molecular weight is 341 g/mol. The SMILES string of the molecule is COc1cc(N2CCOCC2)ccc1-n1cnc2c(N)nc(N)nc21. The first-order valence-corrected chi connectivity index (χ1v) is 7.94. The number of morpholine rings is 1. The molecular weight excluding hydrogens is 322 g/mol. The van der Waals surface area contributed by atoms with Crippen LogP contribution in [0.15, 0.2) is 24.5 Å². The topological polar surface area (TPSA) is 117 Å². The van der Waals surface area contributed by atoms with Gasteiger partial charge in [-0.3, -0.25) is 4.57 Å². The van der Waals surface area contributed by atoms with Crippen LogP contribution in [0.5, 0.6) is 5.75 Å². The third kappa shape index (κ3) is 2.68. The smallest absolute Gasteiger partial charge is 0.224 e. The van der Waals surface area contributed by atoms with E-state index >= 15 is 0 Å². The van der Waals surface area contributed by atoms with Crippen LogP contribution in [0.2, 0.25) is 0 Å². The number of imidazole rings is 1. The summed E-state index contributed by atoms with van der Waals surface area (Å²) in [6.45, 7) is 3.17. The Kier molecular flexibility index (Phi) is 3.77. The lowest BCUT2D eigenvalue weighted by molar-refractivity contribution is 0.122. The molecular formula is C16H19N7O2. The maximum atomic E-state index is 5.88. The highest BCUT2D eigenvalue weighted by Crippen LogP contribution is 2.31. The van der Waals surface area contributed by atoms with Crippen molar-refractivity contribution in [3.05, 3.63) is 24.5 Å². The second kappa shape index (κ2) is 6.10. The van der Waals surface area contributed by atoms with E-state index in [-0.39, 0.29) is 11.8 Å². The van der Waals surface area contributed by atoms with Gasteiger partial charge in [-0.05, 0) is 12.1 Å². The molecule has 0 bridgehead atoms. The predicted molar refractivity (Wildman–Crippen MR) is 95.1 cm³/mol. The van der Waals surface area contributed by atoms with E-state index in [2.05, 4.69) is 19.9 Å². The number of anilines is 3. The number of methoxy groups -OCH3 is 1. The van der Waals surface area contributed by atoms with Gasteiger partial charge in [0, 0.05) is 24.8 Å². The summed E-state index contributed by atoms with van der Waals surface area (Å²) < 4.78 is 12.8. The number of rotatable bonds is 3. The van der Waals surface area contributed by atoms with Crippen LogP contribution in [0.1, 0.15) is 0 Å². The molecule has 3 heterocycles. The summed E-state index contributed by atoms with van der Waals surface area (Å²) in [6.07, 6.45) is 1.64. The highest BCUT2D eigenvalue weighted by atomic mass is 16.5. The molecule has 0 saturated carbocycles. The first-order valence-electron chi connectivity index (χ1n) is 7.94. The van der Waals surface area contributed by atoms with Gasteiger partial charge in [0.2, 0.25) is 5.95 Å². The quantitative estimate of drug-likeness (QED) is 0.719. The summed E-state index contributed by atoms with van der Waals surface area (Å²) in [6, 6.07) is 6.02. The standard InChI is InChI=1S/C16H19N7O2/c1-24-12-8-10(22-4-6-25-7-5-22)2-3-11(12)23-9-19-13-14(17)20-16(18)21-15(13)23/h2-3,8-9H,4-7H2,1H3,(H4,17,18,20,21). The molecule has 130 valence electrons. The highest BCUT2D eigenvalue weighted by Gasteiger charge is 2.17. The van der Waals surface area contributed by atoms with Gasteiger partial charge in [0.1, 0.15) is 12.1 Å². The second-order valence-electron chi connectivity index (χ2n) is 5.71. The zero-order valence-corrected chi connectivity index (χ0v) is 13.8. The fourth-order valence-electron chi connectivity index (χ4n) is 3.00. The lowest BCUT2D eigenvalue weighted by Crippen LogP contribution is -2.36. The van der Waals surface area contributed by atoms with Crippen LogP contribution in [0, 0.1) is 0 Å². The van der Waals surface area contributed by atoms with E-state index in [1.54, 1.807) is 18.0 Å². The fraction of sp³-hybridized carbons (Fsp3) is 0.312. The fourth-order valence-corrected chi connectivity index (χ4v) is 3.00. The van der Waals surface area contributed by atoms with Gasteiger partial charge in [-0.25, -0.2) is 4.98 Å². The van der Waals surface area contributed by atoms with Crippen LogP contribution in [0.3, 0.4) is 0 Å². The van der Waals surface area contributed by atoms with Gasteiger partial charge in [-0.15, -0.1) is 0 Å². The zero-order valence-electron chi connectivity index (χ0n) is 13.8. The van der Waals surface area contributed by atoms with Crippen molar-refractivity contribution >= 4 is 28.6 Å². The van der Waals surface area contributed by atoms with Gasteiger partial charge in [0.15, 0.2) is 17.0 Å². The van der Waals surface area contributed by atoms with Crippen LogP contribution < -0.4 is 21.1 Å². The number of benzene rings is 1. The average Bonchev–Trinajstić information content (AvgIpc) is 3.06. The molecule has 4 N–H and O–H groups in total. The largest absolute Gasteiger partial charge is 0.494 e. The Morgan fingerprint density at radius 3 is 2.72 bits per heavy atom. The predicted octanol–water partition coefficient (Wildman–Crippen LogP) is 0.825. The van der Waals surface area contributed by atoms with Gasteiger partial charge in [0.25, 0.3) is 0 Å². The van der Waals surface area contributed by atoms with E-state index in [4.69, 9.17) is 20.9 Å². The normalized spacial score (nSPS) is 14.8. The Labute approximate surface area is 144 Å². The monoisotopic (exact) mass is 341 g/mol. The molecule has 1 aromatic carbocycles. The van der Waals surface area contributed by atoms with Gasteiger partial charge in [0.05, 0.1) is 26.0 Å². The Balaban J connectivity index is 1.80. The summed E-state index contributed by atoms with van der Waals surface area (Å²) in [4.78, 5) is 14.8. The molecule has 0 aliphatic carbocycles. The number of hydrogen-bond donors (Lipinski definition) is 2. The van der Waals surface area contributed by atoms with Crippen LogP contribution in [-0.4, -0.2) is 52.9 Å². The molecule has 2 aromatic heterocycles. The zero-order chi connectivity index (χ0) is 17.4. The summed E-state index contributed by atoms with van der Waals surface area (Å²) in [5.41, 5.74) is 14.6. The Morgan fingerprint density at radius 2 is 1.96 bits per heavy atom. The number of ether oxygens (including phenoxy) is 2. The van der Waals surface area contributed by atoms with Crippen molar-refractivity contribution in [1.82, 2.24) is 19.5 Å². The van der Waals surface area contributed by atoms with Crippen molar-refractivity contribution in [3.8, 4) is 11.4 Å². The first-order chi connectivity index (χ1) is 12.2. The van der Waals surface area contributed by atoms with E-state index in [1.165, 1.54) is 0 Å². The molecule has 0 spiro atoms. The molecule has 4 rings (SSSR count). The maximum Gasteiger partial charge on any atom is 0.224 e. The first kappa shape index (κ1) is 15.5. The second-order valence-corrected chi connectivity index (χ2v) is 5.71. The van der Waals surface area contributed by atoms with E-state index in [1.807, 2.05) is 18.2 Å². The number of nitrogens with zero attached hydrogens (tertiary/aromatic N) is 5. The summed E-state index contributed by atoms with van der Waals surface area (Å²) in [7, 11) is 1.64. The molecule has 1 aliphatic rings. The minimum Gasteiger partial charge on any atom is -0.494 e. The van der Waals surface area contributed by atoms with E-state index < -0.39 is 0 Å². The van der Waals surface area contributed by atoms with Crippen molar-refractivity contribution in [2.75, 3.05) is 49.8 Å². The van der Waals surface area contributed by atoms with Crippen molar-refractivity contribution in [2.24, 2.45) is 0 Å². The number of nitrogens with two attached hydrogens (primary N) is 2. The van der Waals surface area contributed by atoms with Gasteiger partial charge >= 0.3 is 0 Å². The third-order valence-corrected chi connectivity index (χ3v) is 4.24. The lowest BCUT2D eigenvalue weighted by Gasteiger charge is -2.29. The molecule has 0 radical (unpaired) electrons. The molecule has 1 aliphatic heterocycles. The minimum absolute atomic E-state index is 0.107.